The van der Waals surface area contributed by atoms with Crippen molar-refractivity contribution >= 4 is 12.0 Å². The van der Waals surface area contributed by atoms with Gasteiger partial charge >= 0.3 is 12.0 Å². The third-order valence-corrected chi connectivity index (χ3v) is 4.66. The maximum absolute atomic E-state index is 12.6. The molecular weight excluding hydrogens is 272 g/mol. The smallest absolute Gasteiger partial charge is 0.329 e. The molecule has 2 fully saturated rings. The summed E-state index contributed by atoms with van der Waals surface area (Å²) in [5.74, 6) is -0.919. The molecule has 0 bridgehead atoms. The summed E-state index contributed by atoms with van der Waals surface area (Å²) in [6, 6.07) is -0.200. The number of carboxylic acid groups (broad SMARTS) is 1. The number of likely N-dealkylation sites (N-methyl/N-ethyl adjacent to an activating group) is 1. The summed E-state index contributed by atoms with van der Waals surface area (Å²) < 4.78 is 5.66. The van der Waals surface area contributed by atoms with Crippen molar-refractivity contribution in [3.05, 3.63) is 0 Å². The van der Waals surface area contributed by atoms with E-state index in [0.29, 0.717) is 19.5 Å². The van der Waals surface area contributed by atoms with Crippen molar-refractivity contribution in [3.8, 4) is 0 Å². The second-order valence-electron chi connectivity index (χ2n) is 6.34. The molecule has 2 atom stereocenters. The molecule has 2 unspecified atom stereocenters. The summed E-state index contributed by atoms with van der Waals surface area (Å²) in [4.78, 5) is 27.3. The lowest BCUT2D eigenvalue weighted by atomic mass is 9.89. The molecule has 0 spiro atoms. The van der Waals surface area contributed by atoms with Crippen LogP contribution in [0.25, 0.3) is 0 Å². The van der Waals surface area contributed by atoms with Gasteiger partial charge in [0.2, 0.25) is 0 Å². The van der Waals surface area contributed by atoms with Crippen molar-refractivity contribution in [2.75, 3.05) is 26.7 Å². The number of likely N-dealkylation sites (tertiary alicyclic amines) is 1. The van der Waals surface area contributed by atoms with Gasteiger partial charge < -0.3 is 19.6 Å². The lowest BCUT2D eigenvalue weighted by Gasteiger charge is -2.43. The number of carbonyl (C=O) groups is 2. The summed E-state index contributed by atoms with van der Waals surface area (Å²) in [7, 11) is 1.73. The number of amides is 2. The zero-order valence-electron chi connectivity index (χ0n) is 13.0. The fourth-order valence-corrected chi connectivity index (χ4v) is 3.19. The quantitative estimate of drug-likeness (QED) is 0.864. The standard InChI is InChI=1S/C15H26N2O4/c1-15(13(18)19)8-4-5-9-17(15)14(20)16(2)11-12-7-3-6-10-21-12/h12H,3-11H2,1-2H3,(H,18,19). The molecule has 0 saturated carbocycles. The number of urea groups is 1. The molecule has 0 aromatic carbocycles. The minimum absolute atomic E-state index is 0.0774. The summed E-state index contributed by atoms with van der Waals surface area (Å²) >= 11 is 0. The first kappa shape index (κ1) is 16.1. The highest BCUT2D eigenvalue weighted by atomic mass is 16.5. The van der Waals surface area contributed by atoms with Crippen molar-refractivity contribution in [1.82, 2.24) is 9.80 Å². The van der Waals surface area contributed by atoms with Gasteiger partial charge in [0.25, 0.3) is 0 Å². The van der Waals surface area contributed by atoms with E-state index in [0.717, 1.165) is 38.7 Å². The lowest BCUT2D eigenvalue weighted by Crippen LogP contribution is -2.60. The molecule has 0 aliphatic carbocycles. The Morgan fingerprint density at radius 2 is 2.10 bits per heavy atom. The van der Waals surface area contributed by atoms with Gasteiger partial charge in [0.05, 0.1) is 6.10 Å². The summed E-state index contributed by atoms with van der Waals surface area (Å²) in [6.45, 7) is 3.45. The van der Waals surface area contributed by atoms with Crippen LogP contribution in [-0.4, -0.2) is 65.3 Å². The Bertz CT molecular complexity index is 395. The molecule has 0 aromatic rings. The Morgan fingerprint density at radius 3 is 2.71 bits per heavy atom. The number of ether oxygens (including phenoxy) is 1. The topological polar surface area (TPSA) is 70.1 Å². The molecule has 2 rings (SSSR count). The van der Waals surface area contributed by atoms with Crippen LogP contribution in [0.1, 0.15) is 45.4 Å². The minimum atomic E-state index is -1.09. The van der Waals surface area contributed by atoms with Crippen LogP contribution in [0.2, 0.25) is 0 Å². The molecule has 2 amide bonds. The first-order chi connectivity index (χ1) is 9.95. The lowest BCUT2D eigenvalue weighted by molar-refractivity contribution is -0.150. The minimum Gasteiger partial charge on any atom is -0.480 e. The fraction of sp³-hybridized carbons (Fsp3) is 0.867. The summed E-state index contributed by atoms with van der Waals surface area (Å²) in [5.41, 5.74) is -1.09. The zero-order chi connectivity index (χ0) is 15.5. The average molecular weight is 298 g/mol. The monoisotopic (exact) mass is 298 g/mol. The maximum Gasteiger partial charge on any atom is 0.329 e. The van der Waals surface area contributed by atoms with Crippen molar-refractivity contribution in [3.63, 3.8) is 0 Å². The number of carbonyl (C=O) groups excluding carboxylic acids is 1. The highest BCUT2D eigenvalue weighted by molar-refractivity contribution is 5.86. The van der Waals surface area contributed by atoms with Gasteiger partial charge in [-0.15, -0.1) is 0 Å². The Kier molecular flexibility index (Phi) is 5.08. The molecule has 2 heterocycles. The van der Waals surface area contributed by atoms with Crippen LogP contribution in [0, 0.1) is 0 Å². The van der Waals surface area contributed by atoms with Crippen LogP contribution in [-0.2, 0) is 9.53 Å². The molecule has 21 heavy (non-hydrogen) atoms. The van der Waals surface area contributed by atoms with Crippen molar-refractivity contribution in [2.24, 2.45) is 0 Å². The van der Waals surface area contributed by atoms with Gasteiger partial charge in [0, 0.05) is 26.7 Å². The molecular formula is C15H26N2O4. The van der Waals surface area contributed by atoms with Crippen LogP contribution in [0.3, 0.4) is 0 Å². The van der Waals surface area contributed by atoms with Crippen LogP contribution >= 0.6 is 0 Å². The molecule has 2 aliphatic rings. The molecule has 2 aliphatic heterocycles. The summed E-state index contributed by atoms with van der Waals surface area (Å²) in [6.07, 6.45) is 5.48. The van der Waals surface area contributed by atoms with Gasteiger partial charge in [-0.2, -0.15) is 0 Å². The number of aliphatic carboxylic acids is 1. The van der Waals surface area contributed by atoms with E-state index in [1.54, 1.807) is 18.9 Å². The number of carboxylic acids is 1. The predicted octanol–water partition coefficient (Wildman–Crippen LogP) is 1.94. The first-order valence-corrected chi connectivity index (χ1v) is 7.83. The third kappa shape index (κ3) is 3.48. The van der Waals surface area contributed by atoms with Gasteiger partial charge in [0.1, 0.15) is 5.54 Å². The van der Waals surface area contributed by atoms with Crippen LogP contribution in [0.15, 0.2) is 0 Å². The molecule has 2 saturated heterocycles. The van der Waals surface area contributed by atoms with E-state index in [-0.39, 0.29) is 12.1 Å². The third-order valence-electron chi connectivity index (χ3n) is 4.66. The molecule has 120 valence electrons. The molecule has 0 radical (unpaired) electrons. The van der Waals surface area contributed by atoms with E-state index in [4.69, 9.17) is 4.74 Å². The summed E-state index contributed by atoms with van der Waals surface area (Å²) in [5, 5.41) is 9.48. The number of hydrogen-bond donors (Lipinski definition) is 1. The normalized spacial score (nSPS) is 30.0. The molecule has 0 aromatic heterocycles. The Balaban J connectivity index is 2.00. The fourth-order valence-electron chi connectivity index (χ4n) is 3.19. The Morgan fingerprint density at radius 1 is 1.33 bits per heavy atom. The number of piperidine rings is 1. The van der Waals surface area contributed by atoms with Crippen molar-refractivity contribution in [1.29, 1.82) is 0 Å². The average Bonchev–Trinajstić information content (AvgIpc) is 2.48. The van der Waals surface area contributed by atoms with E-state index in [9.17, 15) is 14.7 Å². The van der Waals surface area contributed by atoms with Gasteiger partial charge in [-0.1, -0.05) is 0 Å². The van der Waals surface area contributed by atoms with E-state index >= 15 is 0 Å². The number of rotatable bonds is 3. The SMILES string of the molecule is CN(CC1CCCCO1)C(=O)N1CCCCC1(C)C(=O)O. The van der Waals surface area contributed by atoms with E-state index in [1.165, 1.54) is 4.90 Å². The Labute approximate surface area is 126 Å². The maximum atomic E-state index is 12.6. The zero-order valence-corrected chi connectivity index (χ0v) is 13.0. The highest BCUT2D eigenvalue weighted by Gasteiger charge is 2.44. The van der Waals surface area contributed by atoms with Gasteiger partial charge in [-0.25, -0.2) is 9.59 Å². The van der Waals surface area contributed by atoms with Gasteiger partial charge in [0.15, 0.2) is 0 Å². The second-order valence-corrected chi connectivity index (χ2v) is 6.34. The number of nitrogens with zero attached hydrogens (tertiary/aromatic N) is 2. The number of hydrogen-bond acceptors (Lipinski definition) is 3. The van der Waals surface area contributed by atoms with Crippen LogP contribution in [0.5, 0.6) is 0 Å². The van der Waals surface area contributed by atoms with E-state index in [1.807, 2.05) is 0 Å². The first-order valence-electron chi connectivity index (χ1n) is 7.83. The second kappa shape index (κ2) is 6.64. The largest absolute Gasteiger partial charge is 0.480 e. The van der Waals surface area contributed by atoms with E-state index in [2.05, 4.69) is 0 Å². The van der Waals surface area contributed by atoms with Crippen molar-refractivity contribution < 1.29 is 19.4 Å². The van der Waals surface area contributed by atoms with Crippen LogP contribution < -0.4 is 0 Å². The molecule has 6 nitrogen and oxygen atoms in total. The van der Waals surface area contributed by atoms with Gasteiger partial charge in [-0.3, -0.25) is 0 Å². The van der Waals surface area contributed by atoms with E-state index < -0.39 is 11.5 Å². The molecule has 1 N–H and O–H groups in total. The Hall–Kier alpha value is -1.30. The van der Waals surface area contributed by atoms with Crippen molar-refractivity contribution in [2.45, 2.75) is 57.1 Å². The molecule has 6 heteroatoms. The highest BCUT2D eigenvalue weighted by Crippen LogP contribution is 2.29. The predicted molar refractivity (Wildman–Crippen MR) is 78.2 cm³/mol. The van der Waals surface area contributed by atoms with Crippen LogP contribution in [0.4, 0.5) is 4.79 Å². The van der Waals surface area contributed by atoms with Gasteiger partial charge in [-0.05, 0) is 45.4 Å².